The van der Waals surface area contributed by atoms with E-state index in [1.54, 1.807) is 0 Å². The second-order valence-corrected chi connectivity index (χ2v) is 7.52. The first-order valence-corrected chi connectivity index (χ1v) is 9.16. The normalized spacial score (nSPS) is 11.3. The Kier molecular flexibility index (Phi) is 4.71. The first kappa shape index (κ1) is 19.0. The van der Waals surface area contributed by atoms with Crippen LogP contribution in [0.25, 0.3) is 21.9 Å². The Bertz CT molecular complexity index is 1310. The minimum absolute atomic E-state index is 0.0803. The SMILES string of the molecule is O=C(c1cc2cc(Cl)cc(Cl)c2oc1=O)c1cc2cc(Cl)cc(Cl)c2oc1=O. The van der Waals surface area contributed by atoms with Crippen LogP contribution in [0, 0.1) is 0 Å². The molecule has 2 aromatic heterocycles. The minimum Gasteiger partial charge on any atom is -0.421 e. The molecule has 2 heterocycles. The Hall–Kier alpha value is -2.31. The zero-order valence-corrected chi connectivity index (χ0v) is 16.5. The van der Waals surface area contributed by atoms with Crippen molar-refractivity contribution in [1.82, 2.24) is 0 Å². The van der Waals surface area contributed by atoms with Gasteiger partial charge in [0.15, 0.2) is 11.2 Å². The predicted octanol–water partition coefficient (Wildman–Crippen LogP) is 5.74. The van der Waals surface area contributed by atoms with Crippen molar-refractivity contribution in [2.75, 3.05) is 0 Å². The van der Waals surface area contributed by atoms with Crippen molar-refractivity contribution < 1.29 is 13.6 Å². The van der Waals surface area contributed by atoms with Gasteiger partial charge in [0.25, 0.3) is 0 Å². The van der Waals surface area contributed by atoms with Crippen molar-refractivity contribution in [2.24, 2.45) is 0 Å². The number of carbonyl (C=O) groups is 1. The molecular weight excluding hydrogens is 450 g/mol. The Labute approximate surface area is 176 Å². The van der Waals surface area contributed by atoms with Crippen LogP contribution < -0.4 is 11.3 Å². The molecular formula is C19H6Cl4O5. The molecule has 0 saturated heterocycles. The van der Waals surface area contributed by atoms with Crippen molar-refractivity contribution in [2.45, 2.75) is 0 Å². The summed E-state index contributed by atoms with van der Waals surface area (Å²) in [7, 11) is 0. The molecule has 0 amide bonds. The third kappa shape index (κ3) is 3.20. The van der Waals surface area contributed by atoms with Gasteiger partial charge in [0.1, 0.15) is 11.1 Å². The topological polar surface area (TPSA) is 77.5 Å². The molecule has 0 radical (unpaired) electrons. The zero-order valence-electron chi connectivity index (χ0n) is 13.5. The van der Waals surface area contributed by atoms with Crippen LogP contribution >= 0.6 is 46.4 Å². The predicted molar refractivity (Wildman–Crippen MR) is 108 cm³/mol. The second kappa shape index (κ2) is 6.94. The molecule has 0 N–H and O–H groups in total. The fourth-order valence-corrected chi connectivity index (χ4v) is 3.87. The van der Waals surface area contributed by atoms with Crippen LogP contribution in [0.1, 0.15) is 15.9 Å². The highest BCUT2D eigenvalue weighted by Gasteiger charge is 2.22. The Balaban J connectivity index is 1.95. The molecule has 0 unspecified atom stereocenters. The third-order valence-corrected chi connectivity index (χ3v) is 4.99. The highest BCUT2D eigenvalue weighted by atomic mass is 35.5. The van der Waals surface area contributed by atoms with Crippen LogP contribution in [0.3, 0.4) is 0 Å². The molecule has 4 aromatic rings. The number of carbonyl (C=O) groups excluding carboxylic acids is 1. The van der Waals surface area contributed by atoms with Crippen molar-refractivity contribution in [3.05, 3.63) is 88.5 Å². The molecule has 4 rings (SSSR count). The lowest BCUT2D eigenvalue weighted by molar-refractivity contribution is 0.103. The molecule has 0 fully saturated rings. The van der Waals surface area contributed by atoms with Crippen LogP contribution in [0.2, 0.25) is 20.1 Å². The van der Waals surface area contributed by atoms with Gasteiger partial charge >= 0.3 is 11.3 Å². The molecule has 0 aliphatic rings. The highest BCUT2D eigenvalue weighted by molar-refractivity contribution is 6.38. The molecule has 0 aliphatic carbocycles. The Morgan fingerprint density at radius 2 is 1.04 bits per heavy atom. The van der Waals surface area contributed by atoms with E-state index in [1.165, 1.54) is 36.4 Å². The third-order valence-electron chi connectivity index (χ3n) is 3.99. The average Bonchev–Trinajstić information content (AvgIpc) is 2.61. The molecule has 0 spiro atoms. The van der Waals surface area contributed by atoms with Crippen LogP contribution in [0.15, 0.2) is 54.8 Å². The lowest BCUT2D eigenvalue weighted by Crippen LogP contribution is -2.21. The largest absolute Gasteiger partial charge is 0.421 e. The van der Waals surface area contributed by atoms with E-state index in [1.807, 2.05) is 0 Å². The van der Waals surface area contributed by atoms with Gasteiger partial charge in [-0.05, 0) is 36.4 Å². The van der Waals surface area contributed by atoms with E-state index in [0.29, 0.717) is 20.8 Å². The molecule has 0 atom stereocenters. The zero-order chi connectivity index (χ0) is 20.2. The van der Waals surface area contributed by atoms with Gasteiger partial charge in [0, 0.05) is 20.8 Å². The smallest absolute Gasteiger partial charge is 0.347 e. The highest BCUT2D eigenvalue weighted by Crippen LogP contribution is 2.29. The van der Waals surface area contributed by atoms with Crippen molar-refractivity contribution in [1.29, 1.82) is 0 Å². The summed E-state index contributed by atoms with van der Waals surface area (Å²) in [5.41, 5.74) is -2.49. The van der Waals surface area contributed by atoms with Crippen molar-refractivity contribution >= 4 is 74.1 Å². The summed E-state index contributed by atoms with van der Waals surface area (Å²) in [4.78, 5) is 37.5. The second-order valence-electron chi connectivity index (χ2n) is 5.84. The van der Waals surface area contributed by atoms with Gasteiger partial charge in [0.05, 0.1) is 10.0 Å². The Morgan fingerprint density at radius 3 is 1.43 bits per heavy atom. The maximum atomic E-state index is 12.9. The fourth-order valence-electron chi connectivity index (χ4n) is 2.78. The van der Waals surface area contributed by atoms with Gasteiger partial charge in [0.2, 0.25) is 5.78 Å². The van der Waals surface area contributed by atoms with E-state index in [0.717, 1.165) is 0 Å². The summed E-state index contributed by atoms with van der Waals surface area (Å²) in [6.07, 6.45) is 0. The molecule has 0 bridgehead atoms. The van der Waals surface area contributed by atoms with Crippen molar-refractivity contribution in [3.63, 3.8) is 0 Å². The van der Waals surface area contributed by atoms with Gasteiger partial charge < -0.3 is 8.83 Å². The first-order valence-electron chi connectivity index (χ1n) is 7.65. The number of fused-ring (bicyclic) bond motifs is 2. The van der Waals surface area contributed by atoms with Gasteiger partial charge in [-0.3, -0.25) is 4.79 Å². The monoisotopic (exact) mass is 454 g/mol. The number of hydrogen-bond donors (Lipinski definition) is 0. The molecule has 140 valence electrons. The van der Waals surface area contributed by atoms with E-state index in [4.69, 9.17) is 55.2 Å². The maximum absolute atomic E-state index is 12.9. The van der Waals surface area contributed by atoms with E-state index in [2.05, 4.69) is 0 Å². The van der Waals surface area contributed by atoms with Crippen LogP contribution in [-0.2, 0) is 0 Å². The summed E-state index contributed by atoms with van der Waals surface area (Å²) in [6.45, 7) is 0. The van der Waals surface area contributed by atoms with Gasteiger partial charge in [-0.25, -0.2) is 9.59 Å². The standard InChI is InChI=1S/C19H6Cl4O5/c20-9-1-7-3-11(18(25)27-16(7)13(22)5-9)15(24)12-4-8-2-10(21)6-14(23)17(8)28-19(12)26/h1-6H. The average molecular weight is 456 g/mol. The number of halogens is 4. The molecule has 9 heteroatoms. The van der Waals surface area contributed by atoms with E-state index < -0.39 is 17.0 Å². The first-order chi connectivity index (χ1) is 13.2. The van der Waals surface area contributed by atoms with Gasteiger partial charge in [-0.15, -0.1) is 0 Å². The fraction of sp³-hybridized carbons (Fsp3) is 0. The molecule has 5 nitrogen and oxygen atoms in total. The van der Waals surface area contributed by atoms with E-state index in [9.17, 15) is 14.4 Å². The number of ketones is 1. The number of benzene rings is 2. The molecule has 2 aromatic carbocycles. The summed E-state index contributed by atoms with van der Waals surface area (Å²) < 4.78 is 10.3. The van der Waals surface area contributed by atoms with Gasteiger partial charge in [-0.1, -0.05) is 46.4 Å². The summed E-state index contributed by atoms with van der Waals surface area (Å²) in [6, 6.07) is 8.28. The van der Waals surface area contributed by atoms with Crippen LogP contribution in [-0.4, -0.2) is 5.78 Å². The molecule has 0 aliphatic heterocycles. The van der Waals surface area contributed by atoms with E-state index >= 15 is 0 Å². The summed E-state index contributed by atoms with van der Waals surface area (Å²) in [5, 5.41) is 1.48. The molecule has 0 saturated carbocycles. The summed E-state index contributed by atoms with van der Waals surface area (Å²) >= 11 is 23.9. The van der Waals surface area contributed by atoms with Gasteiger partial charge in [-0.2, -0.15) is 0 Å². The van der Waals surface area contributed by atoms with Crippen LogP contribution in [0.4, 0.5) is 0 Å². The quantitative estimate of drug-likeness (QED) is 0.284. The van der Waals surface area contributed by atoms with E-state index in [-0.39, 0.29) is 32.3 Å². The molecule has 28 heavy (non-hydrogen) atoms. The minimum atomic E-state index is -0.953. The Morgan fingerprint density at radius 1 is 0.643 bits per heavy atom. The lowest BCUT2D eigenvalue weighted by atomic mass is 10.0. The van der Waals surface area contributed by atoms with Crippen molar-refractivity contribution in [3.8, 4) is 0 Å². The maximum Gasteiger partial charge on any atom is 0.347 e. The van der Waals surface area contributed by atoms with Crippen LogP contribution in [0.5, 0.6) is 0 Å². The number of rotatable bonds is 2. The lowest BCUT2D eigenvalue weighted by Gasteiger charge is -2.05. The number of hydrogen-bond acceptors (Lipinski definition) is 5. The summed E-state index contributed by atoms with van der Waals surface area (Å²) in [5.74, 6) is -0.876.